The maximum Gasteiger partial charge on any atom is 0.242 e. The zero-order valence-electron chi connectivity index (χ0n) is 15.1. The molecule has 0 aromatic heterocycles. The molecular weight excluding hydrogens is 352 g/mol. The molecule has 1 fully saturated rings. The monoisotopic (exact) mass is 373 g/mol. The molecule has 7 heteroatoms. The van der Waals surface area contributed by atoms with Crippen LogP contribution in [0.5, 0.6) is 0 Å². The van der Waals surface area contributed by atoms with Crippen LogP contribution in [0.3, 0.4) is 0 Å². The van der Waals surface area contributed by atoms with E-state index in [4.69, 9.17) is 0 Å². The van der Waals surface area contributed by atoms with Gasteiger partial charge in [0.05, 0.1) is 0 Å². The number of rotatable bonds is 4. The van der Waals surface area contributed by atoms with E-state index < -0.39 is 17.5 Å². The number of carbonyl (C=O) groups is 2. The summed E-state index contributed by atoms with van der Waals surface area (Å²) in [4.78, 5) is 29.6. The summed E-state index contributed by atoms with van der Waals surface area (Å²) in [5, 5.41) is 0. The number of halogens is 2. The van der Waals surface area contributed by atoms with Crippen LogP contribution in [0, 0.1) is 11.6 Å². The second-order valence-corrected chi connectivity index (χ2v) is 6.41. The van der Waals surface area contributed by atoms with Crippen molar-refractivity contribution in [2.75, 3.05) is 42.5 Å². The molecule has 3 rings (SSSR count). The van der Waals surface area contributed by atoms with Crippen molar-refractivity contribution in [1.29, 1.82) is 0 Å². The lowest BCUT2D eigenvalue weighted by molar-refractivity contribution is -0.131. The Balaban J connectivity index is 1.63. The van der Waals surface area contributed by atoms with E-state index in [1.165, 1.54) is 13.0 Å². The molecule has 0 unspecified atom stereocenters. The van der Waals surface area contributed by atoms with Gasteiger partial charge in [0.1, 0.15) is 6.54 Å². The third-order valence-electron chi connectivity index (χ3n) is 4.64. The van der Waals surface area contributed by atoms with Gasteiger partial charge in [0.2, 0.25) is 11.8 Å². The second-order valence-electron chi connectivity index (χ2n) is 6.41. The lowest BCUT2D eigenvalue weighted by Crippen LogP contribution is -2.51. The van der Waals surface area contributed by atoms with E-state index in [2.05, 4.69) is 4.90 Å². The van der Waals surface area contributed by atoms with Crippen LogP contribution in [-0.2, 0) is 9.59 Å². The van der Waals surface area contributed by atoms with Crippen LogP contribution in [0.25, 0.3) is 0 Å². The van der Waals surface area contributed by atoms with Crippen LogP contribution >= 0.6 is 0 Å². The summed E-state index contributed by atoms with van der Waals surface area (Å²) in [6.45, 7) is 3.56. The lowest BCUT2D eigenvalue weighted by Gasteiger charge is -2.37. The fraction of sp³-hybridized carbons (Fsp3) is 0.300. The highest BCUT2D eigenvalue weighted by atomic mass is 19.2. The molecule has 1 aliphatic heterocycles. The van der Waals surface area contributed by atoms with Gasteiger partial charge in [-0.3, -0.25) is 9.59 Å². The normalized spacial score (nSPS) is 14.2. The van der Waals surface area contributed by atoms with Gasteiger partial charge in [-0.25, -0.2) is 8.78 Å². The van der Waals surface area contributed by atoms with E-state index in [9.17, 15) is 18.4 Å². The van der Waals surface area contributed by atoms with Crippen LogP contribution in [-0.4, -0.2) is 49.4 Å². The largest absolute Gasteiger partial charge is 0.368 e. The fourth-order valence-electron chi connectivity index (χ4n) is 3.13. The molecule has 1 aliphatic rings. The Morgan fingerprint density at radius 3 is 2.22 bits per heavy atom. The van der Waals surface area contributed by atoms with E-state index in [1.807, 2.05) is 30.3 Å². The summed E-state index contributed by atoms with van der Waals surface area (Å²) in [7, 11) is 0. The number of hydrogen-bond acceptors (Lipinski definition) is 3. The molecule has 1 heterocycles. The first-order chi connectivity index (χ1) is 13.0. The molecular formula is C20H21F2N3O2. The number of benzene rings is 2. The summed E-state index contributed by atoms with van der Waals surface area (Å²) < 4.78 is 26.6. The number of hydrogen-bond donors (Lipinski definition) is 0. The molecule has 2 amide bonds. The average molecular weight is 373 g/mol. The number of anilines is 2. The highest BCUT2D eigenvalue weighted by Gasteiger charge is 2.25. The van der Waals surface area contributed by atoms with E-state index in [0.717, 1.165) is 22.7 Å². The van der Waals surface area contributed by atoms with Crippen LogP contribution < -0.4 is 9.80 Å². The minimum Gasteiger partial charge on any atom is -0.368 e. The first kappa shape index (κ1) is 18.8. The van der Waals surface area contributed by atoms with Gasteiger partial charge in [-0.2, -0.15) is 0 Å². The molecule has 0 bridgehead atoms. The first-order valence-electron chi connectivity index (χ1n) is 8.76. The quantitative estimate of drug-likeness (QED) is 0.828. The Morgan fingerprint density at radius 2 is 1.63 bits per heavy atom. The van der Waals surface area contributed by atoms with E-state index >= 15 is 0 Å². The molecule has 0 N–H and O–H groups in total. The zero-order valence-corrected chi connectivity index (χ0v) is 15.1. The molecule has 142 valence electrons. The van der Waals surface area contributed by atoms with Crippen molar-refractivity contribution < 1.29 is 18.4 Å². The standard InChI is InChI=1S/C20H21F2N3O2/c1-15(26)25(17-7-8-18(21)19(22)13-17)14-20(27)24-11-9-23(10-12-24)16-5-3-2-4-6-16/h2-8,13H,9-12,14H2,1H3. The maximum atomic E-state index is 13.5. The van der Waals surface area contributed by atoms with E-state index in [1.54, 1.807) is 4.90 Å². The Bertz CT molecular complexity index is 821. The number of nitrogens with zero attached hydrogens (tertiary/aromatic N) is 3. The molecule has 5 nitrogen and oxygen atoms in total. The number of amides is 2. The molecule has 0 atom stereocenters. The summed E-state index contributed by atoms with van der Waals surface area (Å²) in [6.07, 6.45) is 0. The highest BCUT2D eigenvalue weighted by molar-refractivity contribution is 5.97. The summed E-state index contributed by atoms with van der Waals surface area (Å²) >= 11 is 0. The summed E-state index contributed by atoms with van der Waals surface area (Å²) in [6, 6.07) is 13.1. The third-order valence-corrected chi connectivity index (χ3v) is 4.64. The van der Waals surface area contributed by atoms with Crippen LogP contribution in [0.15, 0.2) is 48.5 Å². The van der Waals surface area contributed by atoms with Gasteiger partial charge in [0.25, 0.3) is 0 Å². The summed E-state index contributed by atoms with van der Waals surface area (Å²) in [5.74, 6) is -2.67. The predicted octanol–water partition coefficient (Wildman–Crippen LogP) is 2.67. The Kier molecular flexibility index (Phi) is 5.69. The van der Waals surface area contributed by atoms with Crippen molar-refractivity contribution in [1.82, 2.24) is 4.90 Å². The smallest absolute Gasteiger partial charge is 0.242 e. The van der Waals surface area contributed by atoms with Crippen molar-refractivity contribution in [3.8, 4) is 0 Å². The van der Waals surface area contributed by atoms with Gasteiger partial charge in [-0.05, 0) is 24.3 Å². The van der Waals surface area contributed by atoms with Crippen molar-refractivity contribution in [2.24, 2.45) is 0 Å². The molecule has 0 aliphatic carbocycles. The van der Waals surface area contributed by atoms with Gasteiger partial charge in [-0.15, -0.1) is 0 Å². The third kappa shape index (κ3) is 4.42. The zero-order chi connectivity index (χ0) is 19.4. The van der Waals surface area contributed by atoms with Crippen molar-refractivity contribution in [3.63, 3.8) is 0 Å². The van der Waals surface area contributed by atoms with Gasteiger partial charge in [0, 0.05) is 50.5 Å². The molecule has 0 radical (unpaired) electrons. The van der Waals surface area contributed by atoms with Gasteiger partial charge in [-0.1, -0.05) is 18.2 Å². The first-order valence-corrected chi connectivity index (χ1v) is 8.76. The SMILES string of the molecule is CC(=O)N(CC(=O)N1CCN(c2ccccc2)CC1)c1ccc(F)c(F)c1. The Labute approximate surface area is 156 Å². The molecule has 27 heavy (non-hydrogen) atoms. The molecule has 1 saturated heterocycles. The lowest BCUT2D eigenvalue weighted by atomic mass is 10.2. The van der Waals surface area contributed by atoms with Gasteiger partial charge in [0.15, 0.2) is 11.6 Å². The number of piperazine rings is 1. The molecule has 0 spiro atoms. The van der Waals surface area contributed by atoms with Gasteiger partial charge < -0.3 is 14.7 Å². The van der Waals surface area contributed by atoms with Crippen molar-refractivity contribution in [2.45, 2.75) is 6.92 Å². The summed E-state index contributed by atoms with van der Waals surface area (Å²) in [5.41, 5.74) is 1.27. The average Bonchev–Trinajstić information content (AvgIpc) is 2.69. The van der Waals surface area contributed by atoms with E-state index in [0.29, 0.717) is 26.2 Å². The molecule has 2 aromatic rings. The number of para-hydroxylation sites is 1. The minimum atomic E-state index is -1.05. The predicted molar refractivity (Wildman–Crippen MR) is 99.6 cm³/mol. The van der Waals surface area contributed by atoms with Gasteiger partial charge >= 0.3 is 0 Å². The molecule has 2 aromatic carbocycles. The number of carbonyl (C=O) groups excluding carboxylic acids is 2. The van der Waals surface area contributed by atoms with Crippen molar-refractivity contribution >= 4 is 23.2 Å². The minimum absolute atomic E-state index is 0.165. The highest BCUT2D eigenvalue weighted by Crippen LogP contribution is 2.19. The van der Waals surface area contributed by atoms with Crippen molar-refractivity contribution in [3.05, 3.63) is 60.2 Å². The topological polar surface area (TPSA) is 43.9 Å². The Hall–Kier alpha value is -2.96. The van der Waals surface area contributed by atoms with Crippen LogP contribution in [0.4, 0.5) is 20.2 Å². The maximum absolute atomic E-state index is 13.5. The van der Waals surface area contributed by atoms with E-state index in [-0.39, 0.29) is 18.1 Å². The van der Waals surface area contributed by atoms with Crippen LogP contribution in [0.1, 0.15) is 6.92 Å². The fourth-order valence-corrected chi connectivity index (χ4v) is 3.13. The Morgan fingerprint density at radius 1 is 0.963 bits per heavy atom. The second kappa shape index (κ2) is 8.16. The molecule has 0 saturated carbocycles. The van der Waals surface area contributed by atoms with Crippen LogP contribution in [0.2, 0.25) is 0 Å².